The Labute approximate surface area is 163 Å². The van der Waals surface area contributed by atoms with Crippen LogP contribution in [0, 0.1) is 11.5 Å². The van der Waals surface area contributed by atoms with Crippen LogP contribution in [0.25, 0.3) is 0 Å². The van der Waals surface area contributed by atoms with E-state index < -0.39 is 8.07 Å². The van der Waals surface area contributed by atoms with Crippen LogP contribution in [-0.2, 0) is 0 Å². The van der Waals surface area contributed by atoms with E-state index in [1.807, 2.05) is 0 Å². The lowest BCUT2D eigenvalue weighted by Gasteiger charge is -2.40. The van der Waals surface area contributed by atoms with Gasteiger partial charge in [0, 0.05) is 5.54 Å². The average Bonchev–Trinajstić information content (AvgIpc) is 3.22. The van der Waals surface area contributed by atoms with E-state index in [2.05, 4.69) is 123 Å². The summed E-state index contributed by atoms with van der Waals surface area (Å²) in [6.45, 7) is 4.61. The van der Waals surface area contributed by atoms with Gasteiger partial charge in [-0.15, -0.1) is 0 Å². The maximum absolute atomic E-state index is 2.37. The van der Waals surface area contributed by atoms with Gasteiger partial charge in [0.05, 0.1) is 0 Å². The largest absolute Gasteiger partial charge is 0.163 e. The molecule has 0 aliphatic heterocycles. The van der Waals surface area contributed by atoms with Gasteiger partial charge in [-0.05, 0) is 21.5 Å². The van der Waals surface area contributed by atoms with Gasteiger partial charge >= 0.3 is 0 Å². The normalized spacial score (nSPS) is 14.6. The van der Waals surface area contributed by atoms with Gasteiger partial charge in [0.25, 0.3) is 0 Å². The lowest BCUT2D eigenvalue weighted by molar-refractivity contribution is 0.777. The first-order valence-corrected chi connectivity index (χ1v) is 11.7. The van der Waals surface area contributed by atoms with Crippen molar-refractivity contribution in [1.29, 1.82) is 0 Å². The van der Waals surface area contributed by atoms with Gasteiger partial charge in [-0.25, -0.2) is 0 Å². The molecule has 0 spiro atoms. The van der Waals surface area contributed by atoms with Crippen LogP contribution in [0.5, 0.6) is 0 Å². The molecule has 0 fully saturated rings. The third-order valence-corrected chi connectivity index (χ3v) is 10.4. The maximum atomic E-state index is 2.37. The average molecular weight is 366 g/mol. The minimum Gasteiger partial charge on any atom is -0.0750 e. The number of benzene rings is 3. The summed E-state index contributed by atoms with van der Waals surface area (Å²) in [7, 11) is -2.36. The molecular weight excluding hydrogens is 340 g/mol. The third-order valence-electron chi connectivity index (χ3n) is 5.50. The number of rotatable bonds is 5. The van der Waals surface area contributed by atoms with E-state index in [1.165, 1.54) is 26.7 Å². The van der Waals surface area contributed by atoms with E-state index in [1.54, 1.807) is 0 Å². The van der Waals surface area contributed by atoms with Crippen LogP contribution in [0.15, 0.2) is 115 Å². The molecule has 0 amide bonds. The molecule has 1 aliphatic rings. The highest BCUT2D eigenvalue weighted by Crippen LogP contribution is 2.35. The van der Waals surface area contributed by atoms with E-state index in [0.29, 0.717) is 5.92 Å². The highest BCUT2D eigenvalue weighted by Gasteiger charge is 2.48. The van der Waals surface area contributed by atoms with E-state index in [4.69, 9.17) is 0 Å². The Balaban J connectivity index is 2.08. The predicted octanol–water partition coefficient (Wildman–Crippen LogP) is 4.42. The van der Waals surface area contributed by atoms with Crippen LogP contribution in [0.2, 0.25) is 0 Å². The summed E-state index contributed by atoms with van der Waals surface area (Å²) in [4.78, 5) is 0. The van der Waals surface area contributed by atoms with Gasteiger partial charge in [-0.1, -0.05) is 129 Å². The lowest BCUT2D eigenvalue weighted by Crippen LogP contribution is -2.71. The minimum absolute atomic E-state index is 0.498. The maximum Gasteiger partial charge on any atom is 0.163 e. The summed E-state index contributed by atoms with van der Waals surface area (Å²) < 4.78 is 0. The molecule has 0 saturated carbocycles. The smallest absolute Gasteiger partial charge is 0.0750 e. The Kier molecular flexibility index (Phi) is 4.96. The Morgan fingerprint density at radius 2 is 1.00 bits per heavy atom. The molecule has 0 heterocycles. The molecule has 133 valence electrons. The van der Waals surface area contributed by atoms with Crippen molar-refractivity contribution in [1.82, 2.24) is 0 Å². The third kappa shape index (κ3) is 3.02. The molecule has 0 saturated heterocycles. The van der Waals surface area contributed by atoms with Crippen molar-refractivity contribution >= 4 is 23.6 Å². The summed E-state index contributed by atoms with van der Waals surface area (Å²) in [5.74, 6) is 0.498. The molecule has 27 heavy (non-hydrogen) atoms. The molecule has 0 atom stereocenters. The van der Waals surface area contributed by atoms with Gasteiger partial charge in [0.2, 0.25) is 0 Å². The molecule has 1 aliphatic carbocycles. The molecule has 0 bridgehead atoms. The van der Waals surface area contributed by atoms with Crippen LogP contribution in [0.3, 0.4) is 0 Å². The molecule has 0 aromatic heterocycles. The molecule has 3 aromatic carbocycles. The molecular formula is C26H25Si. The first kappa shape index (κ1) is 17.8. The Morgan fingerprint density at radius 1 is 0.593 bits per heavy atom. The van der Waals surface area contributed by atoms with Crippen molar-refractivity contribution in [3.63, 3.8) is 0 Å². The van der Waals surface area contributed by atoms with Crippen molar-refractivity contribution < 1.29 is 0 Å². The fourth-order valence-corrected chi connectivity index (χ4v) is 9.47. The van der Waals surface area contributed by atoms with E-state index >= 15 is 0 Å². The van der Waals surface area contributed by atoms with Crippen molar-refractivity contribution in [2.75, 3.05) is 0 Å². The van der Waals surface area contributed by atoms with E-state index in [9.17, 15) is 0 Å². The topological polar surface area (TPSA) is 0 Å². The molecule has 1 heteroatoms. The summed E-state index contributed by atoms with van der Waals surface area (Å²) in [5.41, 5.74) is 2.99. The first-order chi connectivity index (χ1) is 13.2. The van der Waals surface area contributed by atoms with Crippen LogP contribution in [-0.4, -0.2) is 8.07 Å². The second kappa shape index (κ2) is 7.54. The SMILES string of the molecule is CC(C)C1=CC=C[C]1[Si](c1ccccc1)(c1ccccc1)c1ccccc1. The second-order valence-corrected chi connectivity index (χ2v) is 11.2. The molecule has 0 unspecified atom stereocenters. The van der Waals surface area contributed by atoms with Crippen LogP contribution in [0.1, 0.15) is 13.8 Å². The molecule has 0 nitrogen and oxygen atoms in total. The molecule has 3 aromatic rings. The first-order valence-electron chi connectivity index (χ1n) is 9.67. The van der Waals surface area contributed by atoms with Crippen molar-refractivity contribution in [3.05, 3.63) is 120 Å². The number of hydrogen-bond donors (Lipinski definition) is 0. The predicted molar refractivity (Wildman–Crippen MR) is 119 cm³/mol. The monoisotopic (exact) mass is 365 g/mol. The fraction of sp³-hybridized carbons (Fsp3) is 0.115. The fourth-order valence-electron chi connectivity index (χ4n) is 4.31. The number of hydrogen-bond acceptors (Lipinski definition) is 0. The van der Waals surface area contributed by atoms with Gasteiger partial charge < -0.3 is 0 Å². The van der Waals surface area contributed by atoms with Crippen molar-refractivity contribution in [2.24, 2.45) is 5.92 Å². The van der Waals surface area contributed by atoms with Crippen LogP contribution in [0.4, 0.5) is 0 Å². The summed E-state index contributed by atoms with van der Waals surface area (Å²) in [5, 5.41) is 4.32. The van der Waals surface area contributed by atoms with Gasteiger partial charge in [-0.2, -0.15) is 0 Å². The highest BCUT2D eigenvalue weighted by molar-refractivity contribution is 7.15. The summed E-state index contributed by atoms with van der Waals surface area (Å²) >= 11 is 0. The van der Waals surface area contributed by atoms with Crippen LogP contribution < -0.4 is 15.6 Å². The Morgan fingerprint density at radius 3 is 1.37 bits per heavy atom. The lowest BCUT2D eigenvalue weighted by atomic mass is 10.0. The zero-order valence-electron chi connectivity index (χ0n) is 16.0. The summed E-state index contributed by atoms with van der Waals surface area (Å²) in [6.07, 6.45) is 6.92. The quantitative estimate of drug-likeness (QED) is 0.464. The summed E-state index contributed by atoms with van der Waals surface area (Å²) in [6, 6.07) is 33.4. The standard InChI is InChI=1S/C26H25Si/c1-21(2)25-19-12-20-26(25)27(22-13-6-3-7-14-22,23-15-8-4-9-16-23)24-17-10-5-11-18-24/h3-21H,1-2H3. The Hall–Kier alpha value is -2.64. The minimum atomic E-state index is -2.36. The van der Waals surface area contributed by atoms with Gasteiger partial charge in [0.15, 0.2) is 8.07 Å². The van der Waals surface area contributed by atoms with Crippen molar-refractivity contribution in [3.8, 4) is 0 Å². The van der Waals surface area contributed by atoms with Crippen molar-refractivity contribution in [2.45, 2.75) is 13.8 Å². The zero-order chi connectivity index (χ0) is 18.7. The van der Waals surface area contributed by atoms with Gasteiger partial charge in [-0.3, -0.25) is 0 Å². The highest BCUT2D eigenvalue weighted by atomic mass is 28.3. The molecule has 0 N–H and O–H groups in total. The molecule has 1 radical (unpaired) electrons. The number of allylic oxidation sites excluding steroid dienone is 4. The van der Waals surface area contributed by atoms with E-state index in [-0.39, 0.29) is 0 Å². The van der Waals surface area contributed by atoms with E-state index in [0.717, 1.165) is 0 Å². The van der Waals surface area contributed by atoms with Crippen LogP contribution >= 0.6 is 0 Å². The van der Waals surface area contributed by atoms with Gasteiger partial charge in [0.1, 0.15) is 0 Å². The molecule has 4 rings (SSSR count). The second-order valence-electron chi connectivity index (χ2n) is 7.40. The Bertz CT molecular complexity index is 841. The zero-order valence-corrected chi connectivity index (χ0v) is 17.0.